The molecular weight excluding hydrogens is 383 g/mol. The average molecular weight is 402 g/mol. The lowest BCUT2D eigenvalue weighted by Crippen LogP contribution is -2.25. The van der Waals surface area contributed by atoms with E-state index in [0.29, 0.717) is 11.1 Å². The van der Waals surface area contributed by atoms with Crippen LogP contribution in [0.1, 0.15) is 5.56 Å². The van der Waals surface area contributed by atoms with Crippen LogP contribution in [0.4, 0.5) is 0 Å². The van der Waals surface area contributed by atoms with Gasteiger partial charge in [0, 0.05) is 10.6 Å². The number of hydrogen-bond donors (Lipinski definition) is 2. The average Bonchev–Trinajstić information content (AvgIpc) is 2.69. The highest BCUT2D eigenvalue weighted by atomic mass is 32.2. The maximum absolute atomic E-state index is 12.0. The third-order valence-corrected chi connectivity index (χ3v) is 7.69. The quantitative estimate of drug-likeness (QED) is 0.488. The number of ether oxygens (including phenoxy) is 1. The molecule has 0 aliphatic carbocycles. The summed E-state index contributed by atoms with van der Waals surface area (Å²) in [6, 6.07) is 21.2. The Morgan fingerprint density at radius 3 is 2.07 bits per heavy atom. The van der Waals surface area contributed by atoms with Crippen LogP contribution in [0, 0.1) is 0 Å². The van der Waals surface area contributed by atoms with Gasteiger partial charge in [-0.25, -0.2) is 0 Å². The summed E-state index contributed by atoms with van der Waals surface area (Å²) < 4.78 is 39.2. The summed E-state index contributed by atoms with van der Waals surface area (Å²) in [7, 11) is -4.15. The van der Waals surface area contributed by atoms with Gasteiger partial charge in [0.05, 0.1) is 13.7 Å². The predicted molar refractivity (Wildman–Crippen MR) is 107 cm³/mol. The number of aliphatic hydroxyl groups is 1. The SMILES string of the molecule is COc1ccccc1P(c1ccc(CO)cc1)c1ccccc1S(=O)(=O)O. The molecule has 140 valence electrons. The second-order valence-corrected chi connectivity index (χ2v) is 9.32. The van der Waals surface area contributed by atoms with Gasteiger partial charge in [-0.3, -0.25) is 4.55 Å². The smallest absolute Gasteiger partial charge is 0.295 e. The van der Waals surface area contributed by atoms with Crippen molar-refractivity contribution in [1.29, 1.82) is 0 Å². The van der Waals surface area contributed by atoms with E-state index in [1.54, 1.807) is 37.4 Å². The molecule has 7 heteroatoms. The summed E-state index contributed by atoms with van der Waals surface area (Å²) >= 11 is 0. The first kappa shape index (κ1) is 19.5. The summed E-state index contributed by atoms with van der Waals surface area (Å²) in [6.45, 7) is -0.0749. The molecule has 0 aliphatic rings. The number of hydrogen-bond acceptors (Lipinski definition) is 4. The Bertz CT molecular complexity index is 1030. The van der Waals surface area contributed by atoms with Crippen molar-refractivity contribution < 1.29 is 22.8 Å². The minimum atomic E-state index is -4.39. The molecule has 5 nitrogen and oxygen atoms in total. The van der Waals surface area contributed by atoms with Gasteiger partial charge in [0.1, 0.15) is 10.6 Å². The lowest BCUT2D eigenvalue weighted by atomic mass is 10.2. The summed E-state index contributed by atoms with van der Waals surface area (Å²) in [5.74, 6) is 0.639. The van der Waals surface area contributed by atoms with Crippen LogP contribution < -0.4 is 20.7 Å². The van der Waals surface area contributed by atoms with Gasteiger partial charge < -0.3 is 9.84 Å². The Balaban J connectivity index is 2.29. The van der Waals surface area contributed by atoms with Crippen LogP contribution in [0.2, 0.25) is 0 Å². The van der Waals surface area contributed by atoms with Crippen molar-refractivity contribution in [3.05, 3.63) is 78.4 Å². The molecule has 0 aliphatic heterocycles. The Kier molecular flexibility index (Phi) is 5.92. The topological polar surface area (TPSA) is 83.8 Å². The first-order valence-electron chi connectivity index (χ1n) is 8.15. The molecule has 3 rings (SSSR count). The Morgan fingerprint density at radius 2 is 1.48 bits per heavy atom. The molecule has 2 N–H and O–H groups in total. The molecule has 0 aromatic heterocycles. The first-order valence-corrected chi connectivity index (χ1v) is 10.9. The monoisotopic (exact) mass is 402 g/mol. The maximum atomic E-state index is 12.0. The van der Waals surface area contributed by atoms with Crippen molar-refractivity contribution in [2.75, 3.05) is 7.11 Å². The van der Waals surface area contributed by atoms with Gasteiger partial charge in [-0.2, -0.15) is 8.42 Å². The molecular formula is C20H19O5PS. The normalized spacial score (nSPS) is 12.6. The molecule has 3 aromatic carbocycles. The highest BCUT2D eigenvalue weighted by Gasteiger charge is 2.26. The van der Waals surface area contributed by atoms with Crippen LogP contribution in [-0.4, -0.2) is 25.2 Å². The van der Waals surface area contributed by atoms with Gasteiger partial charge in [-0.05, 0) is 30.9 Å². The maximum Gasteiger partial charge on any atom is 0.295 e. The molecule has 0 saturated carbocycles. The fraction of sp³-hybridized carbons (Fsp3) is 0.100. The van der Waals surface area contributed by atoms with Crippen LogP contribution in [0.15, 0.2) is 77.7 Å². The van der Waals surface area contributed by atoms with Gasteiger partial charge in [-0.1, -0.05) is 60.7 Å². The lowest BCUT2D eigenvalue weighted by molar-refractivity contribution is 0.282. The first-order chi connectivity index (χ1) is 13.0. The molecule has 3 aromatic rings. The number of benzene rings is 3. The fourth-order valence-corrected chi connectivity index (χ4v) is 6.45. The summed E-state index contributed by atoms with van der Waals surface area (Å²) in [5, 5.41) is 11.5. The van der Waals surface area contributed by atoms with E-state index in [1.165, 1.54) is 6.07 Å². The Hall–Kier alpha value is -2.24. The fourth-order valence-electron chi connectivity index (χ4n) is 2.83. The van der Waals surface area contributed by atoms with Crippen molar-refractivity contribution >= 4 is 34.0 Å². The zero-order valence-corrected chi connectivity index (χ0v) is 16.3. The van der Waals surface area contributed by atoms with E-state index in [-0.39, 0.29) is 11.5 Å². The van der Waals surface area contributed by atoms with Crippen LogP contribution in [0.5, 0.6) is 5.75 Å². The molecule has 0 heterocycles. The predicted octanol–water partition coefficient (Wildman–Crippen LogP) is 2.19. The highest BCUT2D eigenvalue weighted by Crippen LogP contribution is 2.38. The molecule has 1 atom stereocenters. The van der Waals surface area contributed by atoms with Crippen LogP contribution >= 0.6 is 7.92 Å². The van der Waals surface area contributed by atoms with Gasteiger partial charge in [0.15, 0.2) is 0 Å². The van der Waals surface area contributed by atoms with Crippen molar-refractivity contribution in [3.63, 3.8) is 0 Å². The molecule has 0 spiro atoms. The molecule has 1 unspecified atom stereocenters. The largest absolute Gasteiger partial charge is 0.496 e. The summed E-state index contributed by atoms with van der Waals surface area (Å²) in [5.41, 5.74) is 0.761. The van der Waals surface area contributed by atoms with E-state index in [2.05, 4.69) is 0 Å². The Labute approximate surface area is 159 Å². The molecule has 0 bridgehead atoms. The number of para-hydroxylation sites is 1. The number of methoxy groups -OCH3 is 1. The van der Waals surface area contributed by atoms with Gasteiger partial charge in [0.25, 0.3) is 10.1 Å². The van der Waals surface area contributed by atoms with Crippen molar-refractivity contribution in [1.82, 2.24) is 0 Å². The summed E-state index contributed by atoms with van der Waals surface area (Å²) in [6.07, 6.45) is 0. The van der Waals surface area contributed by atoms with E-state index in [0.717, 1.165) is 16.2 Å². The number of aliphatic hydroxyl groups excluding tert-OH is 1. The van der Waals surface area contributed by atoms with E-state index < -0.39 is 18.0 Å². The minimum Gasteiger partial charge on any atom is -0.496 e. The number of rotatable bonds is 6. The van der Waals surface area contributed by atoms with Gasteiger partial charge >= 0.3 is 0 Å². The molecule has 0 fully saturated rings. The lowest BCUT2D eigenvalue weighted by Gasteiger charge is -2.23. The third kappa shape index (κ3) is 4.20. The second-order valence-electron chi connectivity index (χ2n) is 5.77. The van der Waals surface area contributed by atoms with Crippen molar-refractivity contribution in [2.45, 2.75) is 11.5 Å². The van der Waals surface area contributed by atoms with E-state index >= 15 is 0 Å². The second kappa shape index (κ2) is 8.19. The third-order valence-electron chi connectivity index (χ3n) is 4.09. The van der Waals surface area contributed by atoms with Crippen LogP contribution in [-0.2, 0) is 16.7 Å². The van der Waals surface area contributed by atoms with Crippen LogP contribution in [0.3, 0.4) is 0 Å². The standard InChI is InChI=1S/C20H19O5PS/c1-25-17-6-2-3-7-18(17)26(16-12-10-15(14-21)11-13-16)19-8-4-5-9-20(19)27(22,23)24/h2-13,21H,14H2,1H3,(H,22,23,24). The van der Waals surface area contributed by atoms with Crippen molar-refractivity contribution in [3.8, 4) is 5.75 Å². The van der Waals surface area contributed by atoms with Crippen molar-refractivity contribution in [2.24, 2.45) is 0 Å². The molecule has 27 heavy (non-hydrogen) atoms. The molecule has 0 radical (unpaired) electrons. The summed E-state index contributed by atoms with van der Waals surface area (Å²) in [4.78, 5) is -0.117. The molecule has 0 amide bonds. The van der Waals surface area contributed by atoms with Gasteiger partial charge in [0.2, 0.25) is 0 Å². The highest BCUT2D eigenvalue weighted by molar-refractivity contribution is 7.88. The zero-order chi connectivity index (χ0) is 19.4. The minimum absolute atomic E-state index is 0.0749. The van der Waals surface area contributed by atoms with Crippen LogP contribution in [0.25, 0.3) is 0 Å². The molecule has 0 saturated heterocycles. The van der Waals surface area contributed by atoms with E-state index in [9.17, 15) is 18.1 Å². The van der Waals surface area contributed by atoms with E-state index in [1.807, 2.05) is 36.4 Å². The van der Waals surface area contributed by atoms with E-state index in [4.69, 9.17) is 4.74 Å². The zero-order valence-electron chi connectivity index (χ0n) is 14.6. The Morgan fingerprint density at radius 1 is 0.889 bits per heavy atom. The van der Waals surface area contributed by atoms with Gasteiger partial charge in [-0.15, -0.1) is 0 Å².